The monoisotopic (exact) mass is 839 g/mol. The number of halogens is 4. The molecule has 2 fully saturated rings. The molecule has 2 aliphatic heterocycles. The van der Waals surface area contributed by atoms with Gasteiger partial charge < -0.3 is 24.9 Å². The number of nitrogens with zero attached hydrogens (tertiary/aromatic N) is 5. The maximum absolute atomic E-state index is 14.7. The highest BCUT2D eigenvalue weighted by atomic mass is 19.1. The van der Waals surface area contributed by atoms with Crippen molar-refractivity contribution in [1.82, 2.24) is 24.6 Å². The van der Waals surface area contributed by atoms with Gasteiger partial charge in [0.25, 0.3) is 0 Å². The minimum absolute atomic E-state index is 0.0247. The zero-order chi connectivity index (χ0) is 43.5. The van der Waals surface area contributed by atoms with Crippen molar-refractivity contribution in [3.8, 4) is 22.8 Å². The molecule has 2 N–H and O–H groups in total. The third kappa shape index (κ3) is 9.20. The molecule has 0 aliphatic carbocycles. The topological polar surface area (TPSA) is 131 Å². The first-order valence-electron chi connectivity index (χ1n) is 19.8. The lowest BCUT2D eigenvalue weighted by Gasteiger charge is -2.31. The number of likely N-dealkylation sites (N-methyl/N-ethyl adjacent to an activating group) is 2. The number of nitrogens with one attached hydrogen (secondary N) is 2. The number of benzene rings is 4. The molecule has 0 saturated carbocycles. The summed E-state index contributed by atoms with van der Waals surface area (Å²) in [6, 6.07) is 16.3. The molecule has 2 saturated heterocycles. The highest BCUT2D eigenvalue weighted by Crippen LogP contribution is 2.32. The Hall–Kier alpha value is -6.39. The van der Waals surface area contributed by atoms with E-state index in [-0.39, 0.29) is 22.9 Å². The second-order valence-corrected chi connectivity index (χ2v) is 15.6. The first-order chi connectivity index (χ1) is 29.2. The second-order valence-electron chi connectivity index (χ2n) is 15.6. The summed E-state index contributed by atoms with van der Waals surface area (Å²) in [7, 11) is 6.49. The Morgan fingerprint density at radius 1 is 0.639 bits per heavy atom. The van der Waals surface area contributed by atoms with Gasteiger partial charge in [0.1, 0.15) is 47.4 Å². The average Bonchev–Trinajstić information content (AvgIpc) is 4.02. The number of aromatic nitrogens is 1. The summed E-state index contributed by atoms with van der Waals surface area (Å²) in [5, 5.41) is 5.75. The van der Waals surface area contributed by atoms with Crippen molar-refractivity contribution >= 4 is 35.0 Å². The fourth-order valence-corrected chi connectivity index (χ4v) is 8.04. The van der Waals surface area contributed by atoms with E-state index in [1.54, 1.807) is 82.9 Å². The van der Waals surface area contributed by atoms with Gasteiger partial charge in [-0.1, -0.05) is 12.1 Å². The number of likely N-dealkylation sites (tertiary alicyclic amines) is 2. The number of carbonyl (C=O) groups excluding carboxylic acids is 4. The molecule has 5 aromatic rings. The van der Waals surface area contributed by atoms with Gasteiger partial charge in [-0.3, -0.25) is 29.0 Å². The Bertz CT molecular complexity index is 2260. The average molecular weight is 840 g/mol. The van der Waals surface area contributed by atoms with Gasteiger partial charge in [-0.05, 0) is 115 Å². The molecule has 3 heterocycles. The largest absolute Gasteiger partial charge is 0.436 e. The molecule has 4 unspecified atom stereocenters. The van der Waals surface area contributed by atoms with Crippen LogP contribution in [0, 0.1) is 23.3 Å². The van der Waals surface area contributed by atoms with Crippen molar-refractivity contribution in [3.63, 3.8) is 0 Å². The Balaban J connectivity index is 0.958. The van der Waals surface area contributed by atoms with E-state index in [1.165, 1.54) is 31.7 Å². The first-order valence-corrected chi connectivity index (χ1v) is 19.8. The van der Waals surface area contributed by atoms with Crippen LogP contribution in [0.15, 0.2) is 95.5 Å². The van der Waals surface area contributed by atoms with Crippen molar-refractivity contribution in [2.45, 2.75) is 49.9 Å². The maximum Gasteiger partial charge on any atom is 0.247 e. The second kappa shape index (κ2) is 18.1. The number of anilines is 2. The van der Waals surface area contributed by atoms with Gasteiger partial charge in [0.15, 0.2) is 5.76 Å². The van der Waals surface area contributed by atoms with Crippen LogP contribution in [0.3, 0.4) is 0 Å². The van der Waals surface area contributed by atoms with Crippen LogP contribution in [0.25, 0.3) is 22.8 Å². The molecular formula is C45H45F4N7O5. The van der Waals surface area contributed by atoms with Gasteiger partial charge in [-0.15, -0.1) is 0 Å². The third-order valence-corrected chi connectivity index (χ3v) is 11.0. The van der Waals surface area contributed by atoms with Crippen LogP contribution in [-0.2, 0) is 19.2 Å². The molecule has 2 aliphatic rings. The van der Waals surface area contributed by atoms with Gasteiger partial charge in [-0.25, -0.2) is 22.5 Å². The summed E-state index contributed by atoms with van der Waals surface area (Å²) >= 11 is 0. The summed E-state index contributed by atoms with van der Waals surface area (Å²) in [4.78, 5) is 64.7. The van der Waals surface area contributed by atoms with E-state index in [0.717, 1.165) is 24.3 Å². The van der Waals surface area contributed by atoms with Crippen LogP contribution in [0.1, 0.15) is 48.9 Å². The predicted molar refractivity (Wildman–Crippen MR) is 220 cm³/mol. The van der Waals surface area contributed by atoms with E-state index in [1.807, 2.05) is 0 Å². The Morgan fingerprint density at radius 2 is 1.07 bits per heavy atom. The molecular weight excluding hydrogens is 795 g/mol. The fraction of sp³-hybridized carbons (Fsp3) is 0.311. The highest BCUT2D eigenvalue weighted by molar-refractivity contribution is 5.99. The zero-order valence-corrected chi connectivity index (χ0v) is 34.0. The van der Waals surface area contributed by atoms with Crippen LogP contribution >= 0.6 is 0 Å². The molecule has 0 spiro atoms. The molecule has 7 rings (SSSR count). The Morgan fingerprint density at radius 3 is 1.48 bits per heavy atom. The SMILES string of the molecule is CN(C)C(C(=O)N1CCCC1C(=O)Nc1ccc(-c2cnc(-c3ccc(NC(=O)C4CCCN4C(=O)C(c4ccc(F)cc4F)N(C)C)cc3)o2)cc1)c1ccc(F)cc1F. The summed E-state index contributed by atoms with van der Waals surface area (Å²) in [5.74, 6) is -4.07. The van der Waals surface area contributed by atoms with E-state index in [9.17, 15) is 36.7 Å². The predicted octanol–water partition coefficient (Wildman–Crippen LogP) is 7.03. The molecule has 0 bridgehead atoms. The summed E-state index contributed by atoms with van der Waals surface area (Å²) in [5.41, 5.74) is 2.34. The lowest BCUT2D eigenvalue weighted by atomic mass is 10.0. The van der Waals surface area contributed by atoms with Crippen LogP contribution in [0.2, 0.25) is 0 Å². The fourth-order valence-electron chi connectivity index (χ4n) is 8.04. The lowest BCUT2D eigenvalue weighted by molar-refractivity contribution is -0.141. The summed E-state index contributed by atoms with van der Waals surface area (Å²) in [6.07, 6.45) is 3.59. The summed E-state index contributed by atoms with van der Waals surface area (Å²) in [6.45, 7) is 0.634. The van der Waals surface area contributed by atoms with Crippen molar-refractivity contribution in [3.05, 3.63) is 126 Å². The van der Waals surface area contributed by atoms with Crippen LogP contribution < -0.4 is 10.6 Å². The molecule has 4 atom stereocenters. The molecule has 16 heteroatoms. The van der Waals surface area contributed by atoms with Gasteiger partial charge in [0.05, 0.1) is 6.20 Å². The summed E-state index contributed by atoms with van der Waals surface area (Å²) < 4.78 is 62.8. The lowest BCUT2D eigenvalue weighted by Crippen LogP contribution is -2.47. The van der Waals surface area contributed by atoms with Crippen LogP contribution in [0.4, 0.5) is 28.9 Å². The smallest absolute Gasteiger partial charge is 0.247 e. The van der Waals surface area contributed by atoms with Gasteiger partial charge in [0.2, 0.25) is 29.5 Å². The number of hydrogen-bond acceptors (Lipinski definition) is 8. The molecule has 318 valence electrons. The van der Waals surface area contributed by atoms with E-state index in [2.05, 4.69) is 15.6 Å². The molecule has 0 radical (unpaired) electrons. The zero-order valence-electron chi connectivity index (χ0n) is 34.0. The number of oxazole rings is 1. The number of rotatable bonds is 12. The van der Waals surface area contributed by atoms with E-state index < -0.39 is 59.3 Å². The van der Waals surface area contributed by atoms with Crippen molar-refractivity contribution in [1.29, 1.82) is 0 Å². The van der Waals surface area contributed by atoms with Gasteiger partial charge in [-0.2, -0.15) is 0 Å². The molecule has 12 nitrogen and oxygen atoms in total. The van der Waals surface area contributed by atoms with Crippen LogP contribution in [-0.4, -0.2) is 102 Å². The first kappa shape index (κ1) is 42.7. The van der Waals surface area contributed by atoms with Crippen molar-refractivity contribution < 1.29 is 41.2 Å². The number of carbonyl (C=O) groups is 4. The molecule has 4 amide bonds. The molecule has 61 heavy (non-hydrogen) atoms. The highest BCUT2D eigenvalue weighted by Gasteiger charge is 2.41. The minimum atomic E-state index is -1.04. The minimum Gasteiger partial charge on any atom is -0.436 e. The molecule has 4 aromatic carbocycles. The van der Waals surface area contributed by atoms with Crippen LogP contribution in [0.5, 0.6) is 0 Å². The number of amides is 4. The van der Waals surface area contributed by atoms with Gasteiger partial charge in [0, 0.05) is 58.9 Å². The van der Waals surface area contributed by atoms with E-state index in [4.69, 9.17) is 4.42 Å². The standard InChI is InChI=1S/C45H45F4N7O5/c1-53(2)39(32-19-13-28(46)23-34(32)48)44(59)55-21-5-7-36(55)41(57)51-30-15-9-26(10-16-30)38-25-50-43(61-38)27-11-17-31(18-12-27)52-42(58)37-8-6-22-56(37)45(60)40(54(3)4)33-20-14-29(47)24-35(33)49/h9-20,23-25,36-37,39-40H,5-8,21-22H2,1-4H3,(H,51,57)(H,52,58). The van der Waals surface area contributed by atoms with Crippen molar-refractivity contribution in [2.24, 2.45) is 0 Å². The maximum atomic E-state index is 14.7. The molecule has 1 aromatic heterocycles. The van der Waals surface area contributed by atoms with Gasteiger partial charge >= 0.3 is 0 Å². The number of hydrogen-bond donors (Lipinski definition) is 2. The van der Waals surface area contributed by atoms with E-state index >= 15 is 0 Å². The Labute approximate surface area is 350 Å². The Kier molecular flexibility index (Phi) is 12.7. The normalized spacial score (nSPS) is 17.5. The van der Waals surface area contributed by atoms with E-state index in [0.29, 0.717) is 72.9 Å². The third-order valence-electron chi connectivity index (χ3n) is 11.0. The quantitative estimate of drug-likeness (QED) is 0.128. The van der Waals surface area contributed by atoms with Crippen molar-refractivity contribution in [2.75, 3.05) is 51.9 Å².